The van der Waals surface area contributed by atoms with Crippen LogP contribution in [-0.2, 0) is 11.3 Å². The van der Waals surface area contributed by atoms with Gasteiger partial charge in [-0.25, -0.2) is 0 Å². The standard InChI is InChI=1S/C8H16N4O/c1-3-12-6-7(9)8(11-12)10-4-5-13-2/h6H,3-5,9H2,1-2H3,(H,10,11). The Bertz CT molecular complexity index is 259. The molecule has 1 aromatic heterocycles. The highest BCUT2D eigenvalue weighted by Gasteiger charge is 2.02. The summed E-state index contributed by atoms with van der Waals surface area (Å²) >= 11 is 0. The molecule has 0 saturated carbocycles. The molecule has 0 unspecified atom stereocenters. The van der Waals surface area contributed by atoms with Gasteiger partial charge in [0, 0.05) is 20.2 Å². The summed E-state index contributed by atoms with van der Waals surface area (Å²) in [7, 11) is 1.66. The van der Waals surface area contributed by atoms with E-state index in [4.69, 9.17) is 10.5 Å². The Hall–Kier alpha value is -1.23. The van der Waals surface area contributed by atoms with Crippen LogP contribution in [0.1, 0.15) is 6.92 Å². The topological polar surface area (TPSA) is 65.1 Å². The molecule has 1 aromatic rings. The summed E-state index contributed by atoms with van der Waals surface area (Å²) in [5, 5.41) is 7.31. The molecule has 3 N–H and O–H groups in total. The lowest BCUT2D eigenvalue weighted by atomic mass is 10.5. The van der Waals surface area contributed by atoms with Crippen LogP contribution in [0.3, 0.4) is 0 Å². The van der Waals surface area contributed by atoms with Gasteiger partial charge >= 0.3 is 0 Å². The summed E-state index contributed by atoms with van der Waals surface area (Å²) < 4.78 is 6.69. The Labute approximate surface area is 77.9 Å². The van der Waals surface area contributed by atoms with Crippen LogP contribution < -0.4 is 11.1 Å². The van der Waals surface area contributed by atoms with E-state index >= 15 is 0 Å². The minimum absolute atomic E-state index is 0.651. The fraction of sp³-hybridized carbons (Fsp3) is 0.625. The predicted molar refractivity (Wildman–Crippen MR) is 52.7 cm³/mol. The number of rotatable bonds is 5. The maximum Gasteiger partial charge on any atom is 0.171 e. The summed E-state index contributed by atoms with van der Waals surface area (Å²) in [6, 6.07) is 0. The Balaban J connectivity index is 2.50. The molecule has 5 nitrogen and oxygen atoms in total. The van der Waals surface area contributed by atoms with Crippen LogP contribution >= 0.6 is 0 Å². The molecule has 74 valence electrons. The SMILES string of the molecule is CCn1cc(N)c(NCCOC)n1. The first-order valence-corrected chi connectivity index (χ1v) is 4.33. The summed E-state index contributed by atoms with van der Waals surface area (Å²) in [5.41, 5.74) is 6.39. The maximum absolute atomic E-state index is 5.71. The molecule has 0 atom stereocenters. The molecule has 0 spiro atoms. The Kier molecular flexibility index (Phi) is 3.57. The van der Waals surface area contributed by atoms with E-state index < -0.39 is 0 Å². The van der Waals surface area contributed by atoms with Crippen molar-refractivity contribution in [1.82, 2.24) is 9.78 Å². The molecule has 5 heteroatoms. The second-order valence-corrected chi connectivity index (χ2v) is 2.71. The number of anilines is 2. The van der Waals surface area contributed by atoms with Crippen molar-refractivity contribution >= 4 is 11.5 Å². The van der Waals surface area contributed by atoms with E-state index in [1.165, 1.54) is 0 Å². The summed E-state index contributed by atoms with van der Waals surface area (Å²) in [5.74, 6) is 0.735. The molecular weight excluding hydrogens is 168 g/mol. The number of nitrogens with two attached hydrogens (primary N) is 1. The van der Waals surface area contributed by atoms with Crippen molar-refractivity contribution in [3.05, 3.63) is 6.20 Å². The molecular formula is C8H16N4O. The van der Waals surface area contributed by atoms with Gasteiger partial charge in [-0.1, -0.05) is 0 Å². The Morgan fingerprint density at radius 1 is 1.69 bits per heavy atom. The van der Waals surface area contributed by atoms with E-state index in [1.54, 1.807) is 11.8 Å². The molecule has 0 bridgehead atoms. The molecule has 13 heavy (non-hydrogen) atoms. The van der Waals surface area contributed by atoms with Gasteiger partial charge in [0.05, 0.1) is 18.5 Å². The van der Waals surface area contributed by atoms with Gasteiger partial charge < -0.3 is 15.8 Å². The molecule has 0 aliphatic heterocycles. The van der Waals surface area contributed by atoms with Crippen LogP contribution in [0.4, 0.5) is 11.5 Å². The largest absolute Gasteiger partial charge is 0.394 e. The van der Waals surface area contributed by atoms with E-state index in [9.17, 15) is 0 Å². The third-order valence-corrected chi connectivity index (χ3v) is 1.71. The third-order valence-electron chi connectivity index (χ3n) is 1.71. The summed E-state index contributed by atoms with van der Waals surface area (Å²) in [6.45, 7) is 4.22. The van der Waals surface area contributed by atoms with Gasteiger partial charge in [0.15, 0.2) is 5.82 Å². The lowest BCUT2D eigenvalue weighted by molar-refractivity contribution is 0.210. The predicted octanol–water partition coefficient (Wildman–Crippen LogP) is 0.543. The second kappa shape index (κ2) is 4.71. The van der Waals surface area contributed by atoms with Crippen LogP contribution in [0, 0.1) is 0 Å². The number of hydrogen-bond acceptors (Lipinski definition) is 4. The smallest absolute Gasteiger partial charge is 0.171 e. The fourth-order valence-corrected chi connectivity index (χ4v) is 1.01. The number of nitrogens with zero attached hydrogens (tertiary/aromatic N) is 2. The zero-order valence-corrected chi connectivity index (χ0v) is 8.08. The number of nitrogens with one attached hydrogen (secondary N) is 1. The molecule has 0 fully saturated rings. The highest BCUT2D eigenvalue weighted by atomic mass is 16.5. The number of ether oxygens (including phenoxy) is 1. The third kappa shape index (κ3) is 2.62. The molecule has 0 saturated heterocycles. The first-order chi connectivity index (χ1) is 6.27. The quantitative estimate of drug-likeness (QED) is 0.656. The number of methoxy groups -OCH3 is 1. The van der Waals surface area contributed by atoms with Gasteiger partial charge in [-0.3, -0.25) is 4.68 Å². The Morgan fingerprint density at radius 2 is 2.46 bits per heavy atom. The van der Waals surface area contributed by atoms with Crippen LogP contribution in [0.15, 0.2) is 6.20 Å². The zero-order chi connectivity index (χ0) is 9.68. The van der Waals surface area contributed by atoms with Crippen molar-refractivity contribution < 1.29 is 4.74 Å². The van der Waals surface area contributed by atoms with Crippen molar-refractivity contribution in [2.45, 2.75) is 13.5 Å². The fourth-order valence-electron chi connectivity index (χ4n) is 1.01. The maximum atomic E-state index is 5.71. The highest BCUT2D eigenvalue weighted by Crippen LogP contribution is 2.14. The molecule has 0 aliphatic rings. The second-order valence-electron chi connectivity index (χ2n) is 2.71. The molecule has 0 aliphatic carbocycles. The first-order valence-electron chi connectivity index (χ1n) is 4.33. The number of nitrogen functional groups attached to an aromatic ring is 1. The minimum atomic E-state index is 0.651. The van der Waals surface area contributed by atoms with E-state index in [0.29, 0.717) is 12.3 Å². The lowest BCUT2D eigenvalue weighted by Crippen LogP contribution is -2.09. The van der Waals surface area contributed by atoms with Gasteiger partial charge in [0.2, 0.25) is 0 Å². The van der Waals surface area contributed by atoms with Crippen molar-refractivity contribution in [3.63, 3.8) is 0 Å². The van der Waals surface area contributed by atoms with Crippen molar-refractivity contribution in [3.8, 4) is 0 Å². The zero-order valence-electron chi connectivity index (χ0n) is 8.08. The van der Waals surface area contributed by atoms with Crippen LogP contribution in [0.25, 0.3) is 0 Å². The van der Waals surface area contributed by atoms with E-state index in [2.05, 4.69) is 10.4 Å². The number of hydrogen-bond donors (Lipinski definition) is 2. The first kappa shape index (κ1) is 9.85. The molecule has 0 radical (unpaired) electrons. The average Bonchev–Trinajstić information content (AvgIpc) is 2.48. The van der Waals surface area contributed by atoms with E-state index in [0.717, 1.165) is 18.9 Å². The van der Waals surface area contributed by atoms with Crippen LogP contribution in [-0.4, -0.2) is 30.0 Å². The van der Waals surface area contributed by atoms with Crippen molar-refractivity contribution in [2.75, 3.05) is 31.3 Å². The number of aromatic nitrogens is 2. The summed E-state index contributed by atoms with van der Waals surface area (Å²) in [6.07, 6.45) is 1.81. The normalized spacial score (nSPS) is 10.3. The van der Waals surface area contributed by atoms with Gasteiger partial charge in [-0.05, 0) is 6.92 Å². The van der Waals surface area contributed by atoms with Gasteiger partial charge in [-0.15, -0.1) is 0 Å². The molecule has 1 rings (SSSR count). The van der Waals surface area contributed by atoms with Gasteiger partial charge in [0.25, 0.3) is 0 Å². The monoisotopic (exact) mass is 184 g/mol. The van der Waals surface area contributed by atoms with Crippen molar-refractivity contribution in [1.29, 1.82) is 0 Å². The van der Waals surface area contributed by atoms with E-state index in [1.807, 2.05) is 13.1 Å². The van der Waals surface area contributed by atoms with Gasteiger partial charge in [-0.2, -0.15) is 5.10 Å². The average molecular weight is 184 g/mol. The molecule has 0 amide bonds. The highest BCUT2D eigenvalue weighted by molar-refractivity contribution is 5.59. The van der Waals surface area contributed by atoms with Crippen LogP contribution in [0.2, 0.25) is 0 Å². The minimum Gasteiger partial charge on any atom is -0.394 e. The number of aryl methyl sites for hydroxylation is 1. The van der Waals surface area contributed by atoms with E-state index in [-0.39, 0.29) is 0 Å². The molecule has 1 heterocycles. The van der Waals surface area contributed by atoms with Crippen LogP contribution in [0.5, 0.6) is 0 Å². The molecule has 0 aromatic carbocycles. The Morgan fingerprint density at radius 3 is 3.00 bits per heavy atom. The summed E-state index contributed by atoms with van der Waals surface area (Å²) in [4.78, 5) is 0. The lowest BCUT2D eigenvalue weighted by Gasteiger charge is -2.01. The van der Waals surface area contributed by atoms with Crippen molar-refractivity contribution in [2.24, 2.45) is 0 Å². The van der Waals surface area contributed by atoms with Gasteiger partial charge in [0.1, 0.15) is 0 Å².